The second-order valence-corrected chi connectivity index (χ2v) is 8.13. The topological polar surface area (TPSA) is 72.3 Å². The largest absolute Gasteiger partial charge is 0.339 e. The molecular weight excluding hydrogens is 326 g/mol. The molecule has 1 heterocycles. The summed E-state index contributed by atoms with van der Waals surface area (Å²) in [5.74, 6) is -0.0279. The highest BCUT2D eigenvalue weighted by atomic mass is 32.2. The standard InChI is InChI=1S/C17H23N3O3S/c1-5-24(22,23)16-8-6-7-14(9-16)10-17(21)20(4)13(2)15-11-18-19(3)12-15/h6-9,11-13H,5,10H2,1-4H3/t13-/m1/s1. The number of hydrogen-bond donors (Lipinski definition) is 0. The molecule has 1 amide bonds. The van der Waals surface area contributed by atoms with Gasteiger partial charge in [0.2, 0.25) is 5.91 Å². The molecule has 0 fully saturated rings. The Morgan fingerprint density at radius 3 is 2.67 bits per heavy atom. The average Bonchev–Trinajstić information content (AvgIpc) is 3.00. The molecule has 24 heavy (non-hydrogen) atoms. The van der Waals surface area contributed by atoms with Crippen molar-refractivity contribution < 1.29 is 13.2 Å². The van der Waals surface area contributed by atoms with E-state index in [4.69, 9.17) is 0 Å². The minimum Gasteiger partial charge on any atom is -0.339 e. The molecule has 0 spiro atoms. The second-order valence-electron chi connectivity index (χ2n) is 5.86. The minimum absolute atomic E-state index is 0.0440. The first-order valence-corrected chi connectivity index (χ1v) is 9.45. The zero-order valence-electron chi connectivity index (χ0n) is 14.4. The van der Waals surface area contributed by atoms with E-state index in [-0.39, 0.29) is 29.0 Å². The summed E-state index contributed by atoms with van der Waals surface area (Å²) in [6.07, 6.45) is 3.78. The molecule has 0 bridgehead atoms. The van der Waals surface area contributed by atoms with Crippen molar-refractivity contribution in [2.24, 2.45) is 7.05 Å². The van der Waals surface area contributed by atoms with Crippen molar-refractivity contribution in [2.45, 2.75) is 31.2 Å². The normalized spacial score (nSPS) is 12.8. The SMILES string of the molecule is CCS(=O)(=O)c1cccc(CC(=O)N(C)[C@H](C)c2cnn(C)c2)c1. The summed E-state index contributed by atoms with van der Waals surface area (Å²) in [6, 6.07) is 6.49. The lowest BCUT2D eigenvalue weighted by Crippen LogP contribution is -2.30. The molecular formula is C17H23N3O3S. The molecule has 7 heteroatoms. The highest BCUT2D eigenvalue weighted by molar-refractivity contribution is 7.91. The third-order valence-corrected chi connectivity index (χ3v) is 5.91. The van der Waals surface area contributed by atoms with Gasteiger partial charge >= 0.3 is 0 Å². The first-order valence-electron chi connectivity index (χ1n) is 7.80. The van der Waals surface area contributed by atoms with Crippen LogP contribution in [0.2, 0.25) is 0 Å². The Balaban J connectivity index is 2.13. The number of aromatic nitrogens is 2. The van der Waals surface area contributed by atoms with Crippen molar-refractivity contribution in [3.8, 4) is 0 Å². The summed E-state index contributed by atoms with van der Waals surface area (Å²) < 4.78 is 25.6. The number of hydrogen-bond acceptors (Lipinski definition) is 4. The lowest BCUT2D eigenvalue weighted by molar-refractivity contribution is -0.131. The fourth-order valence-corrected chi connectivity index (χ4v) is 3.36. The first-order chi connectivity index (χ1) is 11.2. The summed E-state index contributed by atoms with van der Waals surface area (Å²) in [4.78, 5) is 14.4. The fourth-order valence-electron chi connectivity index (χ4n) is 2.41. The third-order valence-electron chi connectivity index (χ3n) is 4.17. The summed E-state index contributed by atoms with van der Waals surface area (Å²) in [5.41, 5.74) is 1.65. The van der Waals surface area contributed by atoms with Crippen LogP contribution in [0, 0.1) is 0 Å². The summed E-state index contributed by atoms with van der Waals surface area (Å²) in [6.45, 7) is 3.55. The number of carbonyl (C=O) groups excluding carboxylic acids is 1. The predicted octanol–water partition coefficient (Wildman–Crippen LogP) is 1.98. The second kappa shape index (κ2) is 7.17. The molecule has 0 aliphatic rings. The Morgan fingerprint density at radius 1 is 1.38 bits per heavy atom. The van der Waals surface area contributed by atoms with E-state index in [0.717, 1.165) is 5.56 Å². The zero-order valence-corrected chi connectivity index (χ0v) is 15.2. The fraction of sp³-hybridized carbons (Fsp3) is 0.412. The van der Waals surface area contributed by atoms with E-state index in [0.29, 0.717) is 5.56 Å². The van der Waals surface area contributed by atoms with Gasteiger partial charge in [0.1, 0.15) is 0 Å². The zero-order chi connectivity index (χ0) is 17.9. The molecule has 0 aliphatic carbocycles. The predicted molar refractivity (Wildman–Crippen MR) is 92.3 cm³/mol. The van der Waals surface area contributed by atoms with Gasteiger partial charge in [-0.25, -0.2) is 8.42 Å². The number of carbonyl (C=O) groups is 1. The van der Waals surface area contributed by atoms with Crippen LogP contribution < -0.4 is 0 Å². The van der Waals surface area contributed by atoms with Crippen LogP contribution in [0.5, 0.6) is 0 Å². The molecule has 0 saturated heterocycles. The van der Waals surface area contributed by atoms with Gasteiger partial charge in [0, 0.05) is 25.9 Å². The van der Waals surface area contributed by atoms with Gasteiger partial charge in [0.25, 0.3) is 0 Å². The van der Waals surface area contributed by atoms with Gasteiger partial charge in [-0.2, -0.15) is 5.10 Å². The van der Waals surface area contributed by atoms with Crippen LogP contribution in [0.25, 0.3) is 0 Å². The quantitative estimate of drug-likeness (QED) is 0.799. The van der Waals surface area contributed by atoms with Crippen molar-refractivity contribution in [3.05, 3.63) is 47.8 Å². The molecule has 0 radical (unpaired) electrons. The van der Waals surface area contributed by atoms with E-state index in [1.807, 2.05) is 20.2 Å². The van der Waals surface area contributed by atoms with Gasteiger partial charge in [-0.05, 0) is 24.6 Å². The van der Waals surface area contributed by atoms with Gasteiger partial charge in [-0.1, -0.05) is 19.1 Å². The number of sulfone groups is 1. The third kappa shape index (κ3) is 4.03. The van der Waals surface area contributed by atoms with Crippen molar-refractivity contribution in [1.82, 2.24) is 14.7 Å². The maximum Gasteiger partial charge on any atom is 0.227 e. The van der Waals surface area contributed by atoms with Crippen LogP contribution in [-0.4, -0.2) is 41.8 Å². The van der Waals surface area contributed by atoms with Gasteiger partial charge < -0.3 is 4.90 Å². The molecule has 0 N–H and O–H groups in total. The molecule has 130 valence electrons. The van der Waals surface area contributed by atoms with E-state index in [2.05, 4.69) is 5.10 Å². The first kappa shape index (κ1) is 18.2. The average molecular weight is 349 g/mol. The Kier molecular flexibility index (Phi) is 5.43. The van der Waals surface area contributed by atoms with Crippen LogP contribution in [0.1, 0.15) is 31.0 Å². The smallest absolute Gasteiger partial charge is 0.227 e. The molecule has 0 aliphatic heterocycles. The molecule has 2 aromatic rings. The van der Waals surface area contributed by atoms with E-state index >= 15 is 0 Å². The van der Waals surface area contributed by atoms with E-state index < -0.39 is 9.84 Å². The number of aryl methyl sites for hydroxylation is 1. The van der Waals surface area contributed by atoms with Crippen LogP contribution in [0.3, 0.4) is 0 Å². The van der Waals surface area contributed by atoms with Crippen molar-refractivity contribution in [2.75, 3.05) is 12.8 Å². The highest BCUT2D eigenvalue weighted by Gasteiger charge is 2.19. The number of benzene rings is 1. The number of nitrogens with zero attached hydrogens (tertiary/aromatic N) is 3. The molecule has 2 rings (SSSR count). The van der Waals surface area contributed by atoms with Gasteiger partial charge in [0.05, 0.1) is 29.3 Å². The number of rotatable bonds is 6. The summed E-state index contributed by atoms with van der Waals surface area (Å²) in [7, 11) is 0.305. The lowest BCUT2D eigenvalue weighted by Gasteiger charge is -2.24. The van der Waals surface area contributed by atoms with E-state index in [9.17, 15) is 13.2 Å². The number of amides is 1. The molecule has 1 aromatic heterocycles. The van der Waals surface area contributed by atoms with Gasteiger partial charge in [0.15, 0.2) is 9.84 Å². The molecule has 1 atom stereocenters. The Bertz CT molecular complexity index is 827. The molecule has 0 saturated carbocycles. The molecule has 1 aromatic carbocycles. The van der Waals surface area contributed by atoms with Gasteiger partial charge in [-0.15, -0.1) is 0 Å². The van der Waals surface area contributed by atoms with E-state index in [1.165, 1.54) is 0 Å². The Morgan fingerprint density at radius 2 is 2.08 bits per heavy atom. The van der Waals surface area contributed by atoms with Gasteiger partial charge in [-0.3, -0.25) is 9.48 Å². The maximum atomic E-state index is 12.5. The van der Waals surface area contributed by atoms with E-state index in [1.54, 1.807) is 54.0 Å². The van der Waals surface area contributed by atoms with Crippen LogP contribution in [0.4, 0.5) is 0 Å². The van der Waals surface area contributed by atoms with Crippen LogP contribution in [-0.2, 0) is 28.1 Å². The Hall–Kier alpha value is -2.15. The van der Waals surface area contributed by atoms with Crippen molar-refractivity contribution in [1.29, 1.82) is 0 Å². The monoisotopic (exact) mass is 349 g/mol. The highest BCUT2D eigenvalue weighted by Crippen LogP contribution is 2.20. The van der Waals surface area contributed by atoms with Crippen LogP contribution >= 0.6 is 0 Å². The maximum absolute atomic E-state index is 12.5. The molecule has 6 nitrogen and oxygen atoms in total. The van der Waals surface area contributed by atoms with Crippen molar-refractivity contribution in [3.63, 3.8) is 0 Å². The van der Waals surface area contributed by atoms with Crippen molar-refractivity contribution >= 4 is 15.7 Å². The minimum atomic E-state index is -3.27. The summed E-state index contributed by atoms with van der Waals surface area (Å²) >= 11 is 0. The Labute approximate surface area is 143 Å². The van der Waals surface area contributed by atoms with Crippen LogP contribution in [0.15, 0.2) is 41.6 Å². The lowest BCUT2D eigenvalue weighted by atomic mass is 10.1. The molecule has 0 unspecified atom stereocenters. The number of likely N-dealkylation sites (N-methyl/N-ethyl adjacent to an activating group) is 1. The summed E-state index contributed by atoms with van der Waals surface area (Å²) in [5, 5.41) is 4.12.